The molecule has 0 aliphatic carbocycles. The Morgan fingerprint density at radius 3 is 2.36 bits per heavy atom. The van der Waals surface area contributed by atoms with E-state index in [0.717, 1.165) is 13.9 Å². The third kappa shape index (κ3) is 2.46. The van der Waals surface area contributed by atoms with E-state index in [9.17, 15) is 14.4 Å². The van der Waals surface area contributed by atoms with Crippen LogP contribution in [0.5, 0.6) is 0 Å². The number of aromatic nitrogens is 4. The first-order valence-corrected chi connectivity index (χ1v) is 11.0. The number of rotatable bonds is 5. The number of esters is 1. The fourth-order valence-electron chi connectivity index (χ4n) is 4.85. The molecule has 0 saturated carbocycles. The summed E-state index contributed by atoms with van der Waals surface area (Å²) in [6, 6.07) is 9.81. The number of carbonyl (C=O) groups is 1. The quantitative estimate of drug-likeness (QED) is 0.395. The molecule has 4 heterocycles. The monoisotopic (exact) mass is 491 g/mol. The van der Waals surface area contributed by atoms with Crippen molar-refractivity contribution < 1.29 is 14.3 Å². The summed E-state index contributed by atoms with van der Waals surface area (Å²) in [4.78, 5) is 46.8. The molecule has 172 valence electrons. The number of methoxy groups -OCH3 is 1. The second kappa shape index (κ2) is 7.29. The second-order valence-electron chi connectivity index (χ2n) is 7.54. The summed E-state index contributed by atoms with van der Waals surface area (Å²) in [5, 5.41) is -0.0504. The maximum absolute atomic E-state index is 13.8. The summed E-state index contributed by atoms with van der Waals surface area (Å²) in [6.07, 6.45) is 0. The van der Waals surface area contributed by atoms with Crippen molar-refractivity contribution in [3.8, 4) is 5.69 Å². The van der Waals surface area contributed by atoms with Gasteiger partial charge in [0.25, 0.3) is 11.6 Å². The third-order valence-corrected chi connectivity index (χ3v) is 6.59. The predicted octanol–water partition coefficient (Wildman–Crippen LogP) is 1.72. The van der Waals surface area contributed by atoms with Crippen LogP contribution in [0.1, 0.15) is 25.0 Å². The van der Waals surface area contributed by atoms with E-state index >= 15 is 0 Å². The molecular formula is C21H19Cl2N5O5. The van der Waals surface area contributed by atoms with E-state index in [1.54, 1.807) is 35.2 Å². The summed E-state index contributed by atoms with van der Waals surface area (Å²) in [5.74, 6) is -2.63. The highest BCUT2D eigenvalue weighted by Gasteiger charge is 2.72. The SMILES string of the molecule is CCN(CC)[C@]12O[C@](C(=O)OC)(c3cc(Cl)nc(Cl)c31)n1c(=O)n(-c3ccccc3)c(=O)n12. The van der Waals surface area contributed by atoms with Gasteiger partial charge in [-0.1, -0.05) is 55.2 Å². The zero-order valence-corrected chi connectivity index (χ0v) is 19.4. The average Bonchev–Trinajstić information content (AvgIpc) is 3.38. The van der Waals surface area contributed by atoms with Crippen LogP contribution in [0.4, 0.5) is 0 Å². The van der Waals surface area contributed by atoms with Crippen molar-refractivity contribution in [2.24, 2.45) is 0 Å². The van der Waals surface area contributed by atoms with Gasteiger partial charge in [0.1, 0.15) is 10.3 Å². The lowest BCUT2D eigenvalue weighted by molar-refractivity contribution is -0.211. The number of halogens is 2. The van der Waals surface area contributed by atoms with Crippen LogP contribution in [-0.2, 0) is 25.8 Å². The lowest BCUT2D eigenvalue weighted by atomic mass is 9.97. The van der Waals surface area contributed by atoms with Crippen molar-refractivity contribution in [2.45, 2.75) is 25.4 Å². The first kappa shape index (κ1) is 21.9. The standard InChI is InChI=1S/C21H19Cl2N5O5/c1-4-25(5-2)21-15-13(11-14(22)24-16(15)23)20(33-21,17(29)32-3)27-18(30)26(19(31)28(21)27)12-9-7-6-8-10-12/h6-11H,4-5H2,1-3H3/t20-,21+/m0/s1. The molecule has 0 saturated heterocycles. The Morgan fingerprint density at radius 2 is 1.76 bits per heavy atom. The predicted molar refractivity (Wildman–Crippen MR) is 119 cm³/mol. The zero-order valence-electron chi connectivity index (χ0n) is 17.9. The molecule has 3 aromatic rings. The summed E-state index contributed by atoms with van der Waals surface area (Å²) in [6.45, 7) is 4.50. The number of pyridine rings is 1. The van der Waals surface area contributed by atoms with Crippen molar-refractivity contribution in [3.63, 3.8) is 0 Å². The van der Waals surface area contributed by atoms with Crippen molar-refractivity contribution in [2.75, 3.05) is 20.2 Å². The van der Waals surface area contributed by atoms with Gasteiger partial charge in [0, 0.05) is 18.7 Å². The lowest BCUT2D eigenvalue weighted by Crippen LogP contribution is -2.55. The highest BCUT2D eigenvalue weighted by Crippen LogP contribution is 2.56. The Kier molecular flexibility index (Phi) is 4.84. The Bertz CT molecular complexity index is 1410. The van der Waals surface area contributed by atoms with Gasteiger partial charge < -0.3 is 4.74 Å². The van der Waals surface area contributed by atoms with Crippen LogP contribution in [0.25, 0.3) is 5.69 Å². The molecule has 2 bridgehead atoms. The van der Waals surface area contributed by atoms with Crippen molar-refractivity contribution in [1.29, 1.82) is 0 Å². The molecule has 10 nitrogen and oxygen atoms in total. The Balaban J connectivity index is 2.00. The molecule has 2 aliphatic rings. The van der Waals surface area contributed by atoms with E-state index in [1.807, 2.05) is 13.8 Å². The van der Waals surface area contributed by atoms with Crippen LogP contribution in [0.15, 0.2) is 46.0 Å². The van der Waals surface area contributed by atoms with E-state index in [2.05, 4.69) is 4.98 Å². The smallest absolute Gasteiger partial charge is 0.366 e. The molecule has 2 aliphatic heterocycles. The zero-order chi connectivity index (χ0) is 23.7. The van der Waals surface area contributed by atoms with Crippen molar-refractivity contribution >= 4 is 29.2 Å². The molecule has 12 heteroatoms. The molecule has 0 fully saturated rings. The maximum atomic E-state index is 13.8. The number of nitrogens with zero attached hydrogens (tertiary/aromatic N) is 5. The van der Waals surface area contributed by atoms with Crippen LogP contribution < -0.4 is 11.4 Å². The van der Waals surface area contributed by atoms with E-state index in [-0.39, 0.29) is 21.4 Å². The molecule has 0 spiro atoms. The Morgan fingerprint density at radius 1 is 1.12 bits per heavy atom. The largest absolute Gasteiger partial charge is 0.465 e. The molecule has 2 aromatic heterocycles. The lowest BCUT2D eigenvalue weighted by Gasteiger charge is -2.37. The van der Waals surface area contributed by atoms with E-state index in [0.29, 0.717) is 18.8 Å². The van der Waals surface area contributed by atoms with Gasteiger partial charge in [0.05, 0.1) is 18.4 Å². The number of benzene rings is 1. The van der Waals surface area contributed by atoms with Crippen LogP contribution in [0, 0.1) is 0 Å². The number of ether oxygens (including phenoxy) is 2. The molecule has 1 aromatic carbocycles. The molecule has 0 unspecified atom stereocenters. The minimum atomic E-state index is -2.13. The van der Waals surface area contributed by atoms with Gasteiger partial charge >= 0.3 is 17.3 Å². The fourth-order valence-corrected chi connectivity index (χ4v) is 5.40. The topological polar surface area (TPSA) is 101 Å². The summed E-state index contributed by atoms with van der Waals surface area (Å²) < 4.78 is 14.6. The molecule has 0 amide bonds. The number of fused-ring (bicyclic) bond motifs is 8. The molecular weight excluding hydrogens is 473 g/mol. The highest BCUT2D eigenvalue weighted by atomic mass is 35.5. The van der Waals surface area contributed by atoms with E-state index < -0.39 is 28.9 Å². The van der Waals surface area contributed by atoms with Gasteiger partial charge in [-0.25, -0.2) is 23.9 Å². The minimum absolute atomic E-state index is 0.00249. The van der Waals surface area contributed by atoms with Crippen molar-refractivity contribution in [1.82, 2.24) is 23.8 Å². The van der Waals surface area contributed by atoms with Gasteiger partial charge in [-0.05, 0) is 18.2 Å². The molecule has 5 rings (SSSR count). The molecule has 33 heavy (non-hydrogen) atoms. The Labute approximate surface area is 197 Å². The maximum Gasteiger partial charge on any atom is 0.366 e. The third-order valence-electron chi connectivity index (χ3n) is 6.12. The van der Waals surface area contributed by atoms with E-state index in [1.165, 1.54) is 13.2 Å². The number of para-hydroxylation sites is 1. The van der Waals surface area contributed by atoms with Crippen LogP contribution in [0.3, 0.4) is 0 Å². The highest BCUT2D eigenvalue weighted by molar-refractivity contribution is 6.33. The summed E-state index contributed by atoms with van der Waals surface area (Å²) in [7, 11) is 1.17. The van der Waals surface area contributed by atoms with Gasteiger partial charge in [-0.2, -0.15) is 9.36 Å². The first-order chi connectivity index (χ1) is 15.8. The number of hydrogen-bond donors (Lipinski definition) is 0. The van der Waals surface area contributed by atoms with Gasteiger partial charge in [-0.3, -0.25) is 9.64 Å². The van der Waals surface area contributed by atoms with Crippen LogP contribution >= 0.6 is 23.2 Å². The van der Waals surface area contributed by atoms with Gasteiger partial charge in [-0.15, -0.1) is 0 Å². The van der Waals surface area contributed by atoms with Gasteiger partial charge in [0.15, 0.2) is 0 Å². The average molecular weight is 492 g/mol. The first-order valence-electron chi connectivity index (χ1n) is 10.2. The number of carbonyl (C=O) groups excluding carboxylic acids is 1. The molecule has 0 radical (unpaired) electrons. The van der Waals surface area contributed by atoms with Crippen molar-refractivity contribution in [3.05, 3.63) is 78.8 Å². The van der Waals surface area contributed by atoms with Crippen LogP contribution in [-0.4, -0.2) is 50.0 Å². The summed E-state index contributed by atoms with van der Waals surface area (Å²) in [5.41, 5.74) is -2.82. The number of hydrogen-bond acceptors (Lipinski definition) is 7. The fraction of sp³-hybridized carbons (Fsp3) is 0.333. The normalized spacial score (nSPS) is 22.5. The van der Waals surface area contributed by atoms with Gasteiger partial charge in [0.2, 0.25) is 0 Å². The Hall–Kier alpha value is -2.92. The minimum Gasteiger partial charge on any atom is -0.465 e. The summed E-state index contributed by atoms with van der Waals surface area (Å²) >= 11 is 12.7. The molecule has 2 atom stereocenters. The van der Waals surface area contributed by atoms with E-state index in [4.69, 9.17) is 32.7 Å². The van der Waals surface area contributed by atoms with Crippen LogP contribution in [0.2, 0.25) is 10.3 Å². The molecule has 0 N–H and O–H groups in total. The second-order valence-corrected chi connectivity index (χ2v) is 8.28.